The first-order valence-corrected chi connectivity index (χ1v) is 13.6. The SMILES string of the molecule is CC(C)(C)OC(=O)N1c2cc(-c3cnc(Nc4ccc(F)c(Cl)c4)nc3N3CCOCC3)ccc2CC1(C)C(=O)O. The molecule has 0 aliphatic carbocycles. The Balaban J connectivity index is 1.57. The fourth-order valence-corrected chi connectivity index (χ4v) is 5.12. The highest BCUT2D eigenvalue weighted by Crippen LogP contribution is 2.43. The van der Waals surface area contributed by atoms with Gasteiger partial charge >= 0.3 is 12.1 Å². The third-order valence-corrected chi connectivity index (χ3v) is 7.25. The largest absolute Gasteiger partial charge is 0.479 e. The number of amides is 1. The number of carbonyl (C=O) groups excluding carboxylic acids is 1. The Kier molecular flexibility index (Phi) is 7.52. The number of halogens is 2. The standard InChI is InChI=1S/C29H31ClFN5O5/c1-28(2,3)41-27(39)36-23-13-17(5-6-18(23)15-29(36,4)25(37)38)20-16-32-26(33-19-7-8-22(31)21(30)14-19)34-24(20)35-9-11-40-12-10-35/h5-8,13-14,16H,9-12,15H2,1-4H3,(H,37,38)(H,32,33,34). The van der Waals surface area contributed by atoms with Crippen LogP contribution >= 0.6 is 11.6 Å². The molecule has 2 N–H and O–H groups in total. The van der Waals surface area contributed by atoms with Crippen molar-refractivity contribution in [1.82, 2.24) is 9.97 Å². The van der Waals surface area contributed by atoms with E-state index in [4.69, 9.17) is 26.1 Å². The molecule has 3 heterocycles. The molecule has 2 aromatic carbocycles. The van der Waals surface area contributed by atoms with E-state index in [1.807, 2.05) is 12.1 Å². The molecular formula is C29H31ClFN5O5. The number of aromatic nitrogens is 2. The molecule has 1 unspecified atom stereocenters. The van der Waals surface area contributed by atoms with E-state index in [0.717, 1.165) is 0 Å². The number of morpholine rings is 1. The lowest BCUT2D eigenvalue weighted by Gasteiger charge is -2.33. The molecule has 2 aliphatic heterocycles. The summed E-state index contributed by atoms with van der Waals surface area (Å²) in [5, 5.41) is 13.2. The van der Waals surface area contributed by atoms with E-state index in [1.165, 1.54) is 30.0 Å². The van der Waals surface area contributed by atoms with Gasteiger partial charge in [0.05, 0.1) is 23.9 Å². The van der Waals surface area contributed by atoms with Gasteiger partial charge in [0.25, 0.3) is 0 Å². The summed E-state index contributed by atoms with van der Waals surface area (Å²) in [5.74, 6) is -0.747. The average molecular weight is 584 g/mol. The number of ether oxygens (including phenoxy) is 2. The van der Waals surface area contributed by atoms with Gasteiger partial charge < -0.3 is 24.8 Å². The molecule has 1 amide bonds. The van der Waals surface area contributed by atoms with E-state index in [1.54, 1.807) is 33.0 Å². The van der Waals surface area contributed by atoms with Crippen LogP contribution in [0.2, 0.25) is 5.02 Å². The summed E-state index contributed by atoms with van der Waals surface area (Å²) in [7, 11) is 0. The fourth-order valence-electron chi connectivity index (χ4n) is 4.94. The van der Waals surface area contributed by atoms with Gasteiger partial charge in [-0.05, 0) is 63.1 Å². The van der Waals surface area contributed by atoms with Gasteiger partial charge in [0.2, 0.25) is 5.95 Å². The monoisotopic (exact) mass is 583 g/mol. The summed E-state index contributed by atoms with van der Waals surface area (Å²) in [6, 6.07) is 9.73. The lowest BCUT2D eigenvalue weighted by Crippen LogP contribution is -2.54. The Labute approximate surface area is 242 Å². The van der Waals surface area contributed by atoms with Crippen LogP contribution in [0.4, 0.5) is 32.3 Å². The molecule has 1 saturated heterocycles. The number of benzene rings is 2. The van der Waals surface area contributed by atoms with Gasteiger partial charge in [0.15, 0.2) is 0 Å². The van der Waals surface area contributed by atoms with Crippen LogP contribution in [0.5, 0.6) is 0 Å². The maximum Gasteiger partial charge on any atom is 0.415 e. The number of nitrogens with zero attached hydrogens (tertiary/aromatic N) is 4. The van der Waals surface area contributed by atoms with Gasteiger partial charge in [-0.15, -0.1) is 0 Å². The minimum absolute atomic E-state index is 0.0268. The molecule has 2 aliphatic rings. The van der Waals surface area contributed by atoms with Crippen LogP contribution < -0.4 is 15.1 Å². The van der Waals surface area contributed by atoms with Crippen LogP contribution in [0.1, 0.15) is 33.3 Å². The van der Waals surface area contributed by atoms with Gasteiger partial charge in [0.1, 0.15) is 22.8 Å². The second-order valence-electron chi connectivity index (χ2n) is 11.2. The number of carbonyl (C=O) groups is 2. The Bertz CT molecular complexity index is 1510. The highest BCUT2D eigenvalue weighted by Gasteiger charge is 2.51. The maximum atomic E-state index is 13.7. The van der Waals surface area contributed by atoms with Crippen LogP contribution in [0.25, 0.3) is 11.1 Å². The molecular weight excluding hydrogens is 553 g/mol. The molecule has 3 aromatic rings. The molecule has 0 saturated carbocycles. The van der Waals surface area contributed by atoms with Crippen LogP contribution in [-0.4, -0.2) is 64.6 Å². The molecule has 0 spiro atoms. The van der Waals surface area contributed by atoms with E-state index >= 15 is 0 Å². The summed E-state index contributed by atoms with van der Waals surface area (Å²) in [6.45, 7) is 8.95. The number of fused-ring (bicyclic) bond motifs is 1. The number of rotatable bonds is 5. The van der Waals surface area contributed by atoms with Gasteiger partial charge in [-0.1, -0.05) is 23.7 Å². The van der Waals surface area contributed by atoms with Crippen LogP contribution in [0.15, 0.2) is 42.6 Å². The van der Waals surface area contributed by atoms with E-state index < -0.39 is 29.0 Å². The van der Waals surface area contributed by atoms with Crippen molar-refractivity contribution in [2.24, 2.45) is 0 Å². The van der Waals surface area contributed by atoms with Gasteiger partial charge in [-0.3, -0.25) is 4.90 Å². The van der Waals surface area contributed by atoms with Crippen molar-refractivity contribution in [3.63, 3.8) is 0 Å². The Morgan fingerprint density at radius 2 is 1.90 bits per heavy atom. The number of hydrogen-bond acceptors (Lipinski definition) is 8. The van der Waals surface area contributed by atoms with Crippen LogP contribution in [-0.2, 0) is 20.7 Å². The smallest absolute Gasteiger partial charge is 0.415 e. The summed E-state index contributed by atoms with van der Waals surface area (Å²) in [6.07, 6.45) is 1.06. The number of carboxylic acid groups (broad SMARTS) is 1. The lowest BCUT2D eigenvalue weighted by molar-refractivity contribution is -0.142. The zero-order chi connectivity index (χ0) is 29.5. The Hall–Kier alpha value is -3.96. The third-order valence-electron chi connectivity index (χ3n) is 6.96. The molecule has 41 heavy (non-hydrogen) atoms. The first kappa shape index (κ1) is 28.6. The van der Waals surface area contributed by atoms with Gasteiger partial charge in [-0.25, -0.2) is 19.0 Å². The fraction of sp³-hybridized carbons (Fsp3) is 0.379. The van der Waals surface area contributed by atoms with Crippen molar-refractivity contribution >= 4 is 46.8 Å². The zero-order valence-electron chi connectivity index (χ0n) is 23.2. The quantitative estimate of drug-likeness (QED) is 0.392. The predicted molar refractivity (Wildman–Crippen MR) is 154 cm³/mol. The number of aliphatic carboxylic acids is 1. The molecule has 1 aromatic heterocycles. The van der Waals surface area contributed by atoms with Crippen molar-refractivity contribution in [2.45, 2.75) is 45.3 Å². The number of carboxylic acids is 1. The Morgan fingerprint density at radius 1 is 1.17 bits per heavy atom. The lowest BCUT2D eigenvalue weighted by atomic mass is 9.96. The molecule has 1 atom stereocenters. The molecule has 5 rings (SSSR count). The topological polar surface area (TPSA) is 117 Å². The van der Waals surface area contributed by atoms with Crippen molar-refractivity contribution < 1.29 is 28.6 Å². The highest BCUT2D eigenvalue weighted by atomic mass is 35.5. The normalized spacial score (nSPS) is 18.7. The Morgan fingerprint density at radius 3 is 2.56 bits per heavy atom. The second-order valence-corrected chi connectivity index (χ2v) is 11.6. The van der Waals surface area contributed by atoms with E-state index in [0.29, 0.717) is 60.2 Å². The third kappa shape index (κ3) is 5.77. The molecule has 0 bridgehead atoms. The minimum atomic E-state index is -1.52. The number of anilines is 4. The summed E-state index contributed by atoms with van der Waals surface area (Å²) >= 11 is 5.94. The average Bonchev–Trinajstić information content (AvgIpc) is 3.23. The summed E-state index contributed by atoms with van der Waals surface area (Å²) < 4.78 is 24.8. The molecule has 216 valence electrons. The van der Waals surface area contributed by atoms with Crippen molar-refractivity contribution in [2.75, 3.05) is 41.4 Å². The number of hydrogen-bond donors (Lipinski definition) is 2. The highest BCUT2D eigenvalue weighted by molar-refractivity contribution is 6.31. The first-order valence-electron chi connectivity index (χ1n) is 13.2. The van der Waals surface area contributed by atoms with E-state index in [2.05, 4.69) is 15.2 Å². The minimum Gasteiger partial charge on any atom is -0.479 e. The predicted octanol–water partition coefficient (Wildman–Crippen LogP) is 5.66. The van der Waals surface area contributed by atoms with Crippen molar-refractivity contribution in [1.29, 1.82) is 0 Å². The van der Waals surface area contributed by atoms with Crippen molar-refractivity contribution in [3.05, 3.63) is 59.0 Å². The van der Waals surface area contributed by atoms with Crippen LogP contribution in [0.3, 0.4) is 0 Å². The molecule has 12 heteroatoms. The first-order chi connectivity index (χ1) is 19.4. The molecule has 0 radical (unpaired) electrons. The second kappa shape index (κ2) is 10.8. The summed E-state index contributed by atoms with van der Waals surface area (Å²) in [4.78, 5) is 38.3. The molecule has 1 fully saturated rings. The van der Waals surface area contributed by atoms with E-state index in [-0.39, 0.29) is 17.4 Å². The van der Waals surface area contributed by atoms with Crippen molar-refractivity contribution in [3.8, 4) is 11.1 Å². The van der Waals surface area contributed by atoms with Gasteiger partial charge in [-0.2, -0.15) is 4.98 Å². The summed E-state index contributed by atoms with van der Waals surface area (Å²) in [5.41, 5.74) is 0.747. The van der Waals surface area contributed by atoms with E-state index in [9.17, 15) is 19.1 Å². The van der Waals surface area contributed by atoms with Crippen LogP contribution in [0, 0.1) is 5.82 Å². The molecule has 10 nitrogen and oxygen atoms in total. The maximum absolute atomic E-state index is 13.7. The number of nitrogens with one attached hydrogen (secondary N) is 1. The zero-order valence-corrected chi connectivity index (χ0v) is 24.0. The van der Waals surface area contributed by atoms with Gasteiger partial charge in [0, 0.05) is 37.0 Å².